The molecule has 20 heavy (non-hydrogen) atoms. The Morgan fingerprint density at radius 3 is 2.70 bits per heavy atom. The van der Waals surface area contributed by atoms with Crippen molar-refractivity contribution in [1.29, 1.82) is 0 Å². The zero-order valence-corrected chi connectivity index (χ0v) is 11.2. The summed E-state index contributed by atoms with van der Waals surface area (Å²) in [4.78, 5) is 11.2. The van der Waals surface area contributed by atoms with Gasteiger partial charge in [0.15, 0.2) is 12.4 Å². The molecular weight excluding hydrogens is 260 g/mol. The van der Waals surface area contributed by atoms with Gasteiger partial charge in [-0.05, 0) is 30.2 Å². The molecule has 1 heterocycles. The number of carbonyl (C=O) groups excluding carboxylic acids is 1. The second-order valence-corrected chi connectivity index (χ2v) is 4.12. The lowest BCUT2D eigenvalue weighted by atomic mass is 10.1. The fourth-order valence-electron chi connectivity index (χ4n) is 1.67. The van der Waals surface area contributed by atoms with Gasteiger partial charge in [0, 0.05) is 12.8 Å². The summed E-state index contributed by atoms with van der Waals surface area (Å²) in [6, 6.07) is 9.02. The molecule has 0 atom stereocenters. The lowest BCUT2D eigenvalue weighted by molar-refractivity contribution is 0.0592. The second-order valence-electron chi connectivity index (χ2n) is 4.12. The highest BCUT2D eigenvalue weighted by Gasteiger charge is 2.08. The summed E-state index contributed by atoms with van der Waals surface area (Å²) in [5, 5.41) is 12.9. The molecule has 6 nitrogen and oxygen atoms in total. The van der Waals surface area contributed by atoms with Crippen molar-refractivity contribution in [2.75, 3.05) is 13.7 Å². The van der Waals surface area contributed by atoms with Crippen molar-refractivity contribution in [2.24, 2.45) is 0 Å². The van der Waals surface area contributed by atoms with Crippen LogP contribution in [0, 0.1) is 0 Å². The maximum Gasteiger partial charge on any atom is 0.358 e. The van der Waals surface area contributed by atoms with E-state index in [1.807, 2.05) is 24.3 Å². The Morgan fingerprint density at radius 1 is 1.30 bits per heavy atom. The van der Waals surface area contributed by atoms with Crippen LogP contribution in [0.2, 0.25) is 0 Å². The number of nitrogens with zero attached hydrogens (tertiary/aromatic N) is 2. The minimum absolute atomic E-state index is 0.129. The third kappa shape index (κ3) is 3.58. The molecule has 106 valence electrons. The predicted molar refractivity (Wildman–Crippen MR) is 71.4 cm³/mol. The molecule has 0 aliphatic rings. The fraction of sp³-hybridized carbons (Fsp3) is 0.286. The Kier molecular flexibility index (Phi) is 4.73. The molecule has 0 fully saturated rings. The molecule has 1 aromatic carbocycles. The predicted octanol–water partition coefficient (Wildman–Crippen LogP) is 1.24. The SMILES string of the molecule is COC(=O)c1ccn(COc2ccc(CCO)cc2)n1. The molecule has 2 rings (SSSR count). The summed E-state index contributed by atoms with van der Waals surface area (Å²) in [6.45, 7) is 0.333. The number of aliphatic hydroxyl groups is 1. The average Bonchev–Trinajstić information content (AvgIpc) is 2.95. The molecule has 2 aromatic rings. The molecule has 0 unspecified atom stereocenters. The molecule has 0 spiro atoms. The summed E-state index contributed by atoms with van der Waals surface area (Å²) in [6.07, 6.45) is 2.27. The number of rotatable bonds is 6. The highest BCUT2D eigenvalue weighted by Crippen LogP contribution is 2.13. The van der Waals surface area contributed by atoms with Crippen molar-refractivity contribution >= 4 is 5.97 Å². The molecule has 0 aliphatic heterocycles. The van der Waals surface area contributed by atoms with Crippen molar-refractivity contribution in [1.82, 2.24) is 9.78 Å². The van der Waals surface area contributed by atoms with E-state index in [2.05, 4.69) is 9.84 Å². The number of aliphatic hydroxyl groups excluding tert-OH is 1. The first-order valence-electron chi connectivity index (χ1n) is 6.17. The molecule has 0 bridgehead atoms. The van der Waals surface area contributed by atoms with Crippen molar-refractivity contribution in [2.45, 2.75) is 13.2 Å². The van der Waals surface area contributed by atoms with Crippen molar-refractivity contribution < 1.29 is 19.4 Å². The summed E-state index contributed by atoms with van der Waals surface area (Å²) < 4.78 is 11.6. The Balaban J connectivity index is 1.91. The van der Waals surface area contributed by atoms with E-state index in [-0.39, 0.29) is 19.0 Å². The molecule has 0 amide bonds. The van der Waals surface area contributed by atoms with Crippen molar-refractivity contribution in [3.63, 3.8) is 0 Å². The van der Waals surface area contributed by atoms with E-state index in [1.54, 1.807) is 12.3 Å². The number of hydrogen-bond donors (Lipinski definition) is 1. The van der Waals surface area contributed by atoms with Crippen LogP contribution in [-0.4, -0.2) is 34.6 Å². The number of methoxy groups -OCH3 is 1. The van der Waals surface area contributed by atoms with Gasteiger partial charge in [-0.15, -0.1) is 0 Å². The van der Waals surface area contributed by atoms with Crippen LogP contribution >= 0.6 is 0 Å². The number of hydrogen-bond acceptors (Lipinski definition) is 5. The van der Waals surface area contributed by atoms with E-state index in [9.17, 15) is 4.79 Å². The topological polar surface area (TPSA) is 73.6 Å². The van der Waals surface area contributed by atoms with E-state index in [4.69, 9.17) is 9.84 Å². The van der Waals surface area contributed by atoms with Gasteiger partial charge in [0.1, 0.15) is 5.75 Å². The van der Waals surface area contributed by atoms with Gasteiger partial charge in [-0.1, -0.05) is 12.1 Å². The number of ether oxygens (including phenoxy) is 2. The van der Waals surface area contributed by atoms with Crippen LogP contribution in [0.15, 0.2) is 36.5 Å². The quantitative estimate of drug-likeness (QED) is 0.804. The summed E-state index contributed by atoms with van der Waals surface area (Å²) >= 11 is 0. The van der Waals surface area contributed by atoms with E-state index < -0.39 is 5.97 Å². The van der Waals surface area contributed by atoms with Crippen LogP contribution in [0.4, 0.5) is 0 Å². The second kappa shape index (κ2) is 6.72. The van der Waals surface area contributed by atoms with Crippen LogP contribution in [0.3, 0.4) is 0 Å². The molecule has 6 heteroatoms. The Morgan fingerprint density at radius 2 is 2.05 bits per heavy atom. The van der Waals surface area contributed by atoms with Gasteiger partial charge in [-0.25, -0.2) is 9.48 Å². The number of esters is 1. The van der Waals surface area contributed by atoms with Gasteiger partial charge in [0.25, 0.3) is 0 Å². The van der Waals surface area contributed by atoms with Crippen molar-refractivity contribution in [3.8, 4) is 5.75 Å². The third-order valence-electron chi connectivity index (χ3n) is 2.72. The zero-order valence-electron chi connectivity index (χ0n) is 11.2. The first-order valence-corrected chi connectivity index (χ1v) is 6.17. The van der Waals surface area contributed by atoms with E-state index in [0.29, 0.717) is 12.2 Å². The maximum absolute atomic E-state index is 11.2. The van der Waals surface area contributed by atoms with Gasteiger partial charge in [0.2, 0.25) is 0 Å². The molecule has 1 aromatic heterocycles. The monoisotopic (exact) mass is 276 g/mol. The van der Waals surface area contributed by atoms with Gasteiger partial charge >= 0.3 is 5.97 Å². The van der Waals surface area contributed by atoms with Gasteiger partial charge in [-0.2, -0.15) is 5.10 Å². The first kappa shape index (κ1) is 14.1. The van der Waals surface area contributed by atoms with Crippen LogP contribution < -0.4 is 4.74 Å². The lowest BCUT2D eigenvalue weighted by Crippen LogP contribution is -2.08. The standard InChI is InChI=1S/C14H16N2O4/c1-19-14(18)13-6-8-16(15-13)10-20-12-4-2-11(3-5-12)7-9-17/h2-6,8,17H,7,9-10H2,1H3. The normalized spacial score (nSPS) is 10.3. The largest absolute Gasteiger partial charge is 0.471 e. The summed E-state index contributed by atoms with van der Waals surface area (Å²) in [5.41, 5.74) is 1.29. The highest BCUT2D eigenvalue weighted by molar-refractivity contribution is 5.86. The zero-order chi connectivity index (χ0) is 14.4. The minimum Gasteiger partial charge on any atom is -0.471 e. The lowest BCUT2D eigenvalue weighted by Gasteiger charge is -2.07. The van der Waals surface area contributed by atoms with Gasteiger partial charge < -0.3 is 14.6 Å². The first-order chi connectivity index (χ1) is 9.72. The maximum atomic E-state index is 11.2. The third-order valence-corrected chi connectivity index (χ3v) is 2.72. The van der Waals surface area contributed by atoms with Crippen LogP contribution in [0.5, 0.6) is 5.75 Å². The van der Waals surface area contributed by atoms with Crippen molar-refractivity contribution in [3.05, 3.63) is 47.8 Å². The number of aromatic nitrogens is 2. The average molecular weight is 276 g/mol. The molecule has 0 saturated carbocycles. The van der Waals surface area contributed by atoms with Crippen LogP contribution in [0.1, 0.15) is 16.1 Å². The Labute approximate surface area is 116 Å². The van der Waals surface area contributed by atoms with E-state index in [1.165, 1.54) is 11.8 Å². The van der Waals surface area contributed by atoms with Crippen LogP contribution in [0.25, 0.3) is 0 Å². The molecule has 0 saturated heterocycles. The number of benzene rings is 1. The smallest absolute Gasteiger partial charge is 0.358 e. The summed E-state index contributed by atoms with van der Waals surface area (Å²) in [5.74, 6) is 0.221. The fourth-order valence-corrected chi connectivity index (χ4v) is 1.67. The molecule has 1 N–H and O–H groups in total. The Hall–Kier alpha value is -2.34. The van der Waals surface area contributed by atoms with Gasteiger partial charge in [-0.3, -0.25) is 0 Å². The highest BCUT2D eigenvalue weighted by atomic mass is 16.5. The van der Waals surface area contributed by atoms with Gasteiger partial charge in [0.05, 0.1) is 7.11 Å². The molecule has 0 radical (unpaired) electrons. The summed E-state index contributed by atoms with van der Waals surface area (Å²) in [7, 11) is 1.31. The van der Waals surface area contributed by atoms with Crippen LogP contribution in [-0.2, 0) is 17.9 Å². The minimum atomic E-state index is -0.475. The van der Waals surface area contributed by atoms with E-state index in [0.717, 1.165) is 5.56 Å². The number of carbonyl (C=O) groups is 1. The molecular formula is C14H16N2O4. The Bertz CT molecular complexity index is 563. The van der Waals surface area contributed by atoms with E-state index >= 15 is 0 Å². The molecule has 0 aliphatic carbocycles.